The van der Waals surface area contributed by atoms with Gasteiger partial charge >= 0.3 is 0 Å². The van der Waals surface area contributed by atoms with Crippen LogP contribution in [0.2, 0.25) is 0 Å². The molecule has 1 fully saturated rings. The number of nitrogens with zero attached hydrogens (tertiary/aromatic N) is 4. The first-order chi connectivity index (χ1) is 11.0. The van der Waals surface area contributed by atoms with Gasteiger partial charge in [0.1, 0.15) is 6.54 Å². The van der Waals surface area contributed by atoms with Gasteiger partial charge in [-0.15, -0.1) is 0 Å². The maximum atomic E-state index is 11.8. The fraction of sp³-hybridized carbons (Fsp3) is 0.765. The molecule has 2 unspecified atom stereocenters. The van der Waals surface area contributed by atoms with Crippen LogP contribution in [-0.4, -0.2) is 85.5 Å². The van der Waals surface area contributed by atoms with Gasteiger partial charge < -0.3 is 15.1 Å². The first-order valence-electron chi connectivity index (χ1n) is 8.66. The molecule has 2 aliphatic heterocycles. The molecule has 0 bridgehead atoms. The minimum Gasteiger partial charge on any atom is -0.354 e. The molecule has 0 aliphatic carbocycles. The van der Waals surface area contributed by atoms with Crippen LogP contribution in [0.5, 0.6) is 0 Å². The van der Waals surface area contributed by atoms with Crippen molar-refractivity contribution in [2.75, 3.05) is 46.8 Å². The summed E-state index contributed by atoms with van der Waals surface area (Å²) in [5.74, 6) is 0.914. The molecule has 2 atom stereocenters. The first kappa shape index (κ1) is 17.8. The smallest absolute Gasteiger partial charge is 0.243 e. The number of amides is 1. The van der Waals surface area contributed by atoms with E-state index in [9.17, 15) is 4.79 Å². The fourth-order valence-electron chi connectivity index (χ4n) is 2.87. The summed E-state index contributed by atoms with van der Waals surface area (Å²) in [5.41, 5.74) is 0. The van der Waals surface area contributed by atoms with Crippen molar-refractivity contribution in [2.45, 2.75) is 38.8 Å². The van der Waals surface area contributed by atoms with Crippen molar-refractivity contribution >= 4 is 11.9 Å². The Kier molecular flexibility index (Phi) is 6.45. The molecule has 0 aromatic carbocycles. The van der Waals surface area contributed by atoms with Gasteiger partial charge in [-0.1, -0.05) is 19.1 Å². The topological polar surface area (TPSA) is 51.2 Å². The number of likely N-dealkylation sites (tertiary alicyclic amines) is 1. The average molecular weight is 321 g/mol. The SMILES string of the molecule is CCC(C)NC(=NCC(=O)N(C)C)N1CCC(N2CC=CC2)C1. The molecule has 6 nitrogen and oxygen atoms in total. The molecule has 2 rings (SSSR count). The number of carbonyl (C=O) groups is 1. The van der Waals surface area contributed by atoms with E-state index in [2.05, 4.69) is 46.1 Å². The average Bonchev–Trinajstić information content (AvgIpc) is 3.20. The molecule has 2 aliphatic rings. The zero-order valence-corrected chi connectivity index (χ0v) is 15.0. The van der Waals surface area contributed by atoms with Gasteiger partial charge in [0.2, 0.25) is 5.91 Å². The van der Waals surface area contributed by atoms with Crippen molar-refractivity contribution in [3.05, 3.63) is 12.2 Å². The van der Waals surface area contributed by atoms with E-state index < -0.39 is 0 Å². The zero-order chi connectivity index (χ0) is 16.8. The number of likely N-dealkylation sites (N-methyl/N-ethyl adjacent to an activating group) is 1. The number of carbonyl (C=O) groups excluding carboxylic acids is 1. The van der Waals surface area contributed by atoms with Gasteiger partial charge in [0.15, 0.2) is 5.96 Å². The highest BCUT2D eigenvalue weighted by atomic mass is 16.2. The lowest BCUT2D eigenvalue weighted by Gasteiger charge is -2.27. The highest BCUT2D eigenvalue weighted by molar-refractivity contribution is 5.85. The lowest BCUT2D eigenvalue weighted by Crippen LogP contribution is -2.46. The predicted molar refractivity (Wildman–Crippen MR) is 94.6 cm³/mol. The highest BCUT2D eigenvalue weighted by Gasteiger charge is 2.30. The normalized spacial score (nSPS) is 23.4. The summed E-state index contributed by atoms with van der Waals surface area (Å²) >= 11 is 0. The standard InChI is InChI=1S/C17H31N5O/c1-5-14(2)19-17(18-12-16(23)20(3)4)22-11-8-15(13-22)21-9-6-7-10-21/h6-7,14-15H,5,8-13H2,1-4H3,(H,18,19). The fourth-order valence-corrected chi connectivity index (χ4v) is 2.87. The molecule has 2 heterocycles. The van der Waals surface area contributed by atoms with Gasteiger partial charge in [0.25, 0.3) is 0 Å². The van der Waals surface area contributed by atoms with Crippen molar-refractivity contribution in [2.24, 2.45) is 4.99 Å². The second-order valence-corrected chi connectivity index (χ2v) is 6.70. The number of hydrogen-bond donors (Lipinski definition) is 1. The zero-order valence-electron chi connectivity index (χ0n) is 15.0. The monoisotopic (exact) mass is 321 g/mol. The molecule has 0 saturated carbocycles. The van der Waals surface area contributed by atoms with E-state index in [0.717, 1.165) is 45.0 Å². The Morgan fingerprint density at radius 2 is 2.09 bits per heavy atom. The third-order valence-electron chi connectivity index (χ3n) is 4.68. The summed E-state index contributed by atoms with van der Waals surface area (Å²) in [6, 6.07) is 0.939. The van der Waals surface area contributed by atoms with Crippen molar-refractivity contribution in [1.29, 1.82) is 0 Å². The molecule has 23 heavy (non-hydrogen) atoms. The molecular formula is C17H31N5O. The second-order valence-electron chi connectivity index (χ2n) is 6.70. The van der Waals surface area contributed by atoms with Gasteiger partial charge in [-0.3, -0.25) is 9.69 Å². The molecule has 0 aromatic rings. The molecule has 6 heteroatoms. The number of aliphatic imine (C=N–C) groups is 1. The quantitative estimate of drug-likeness (QED) is 0.462. The van der Waals surface area contributed by atoms with Crippen LogP contribution in [0.25, 0.3) is 0 Å². The van der Waals surface area contributed by atoms with Crippen molar-refractivity contribution in [3.63, 3.8) is 0 Å². The van der Waals surface area contributed by atoms with Gasteiger partial charge in [0, 0.05) is 52.4 Å². The van der Waals surface area contributed by atoms with E-state index in [1.807, 2.05) is 0 Å². The molecule has 1 N–H and O–H groups in total. The predicted octanol–water partition coefficient (Wildman–Crippen LogP) is 0.765. The molecule has 130 valence electrons. The molecule has 0 radical (unpaired) electrons. The number of rotatable bonds is 5. The van der Waals surface area contributed by atoms with Crippen molar-refractivity contribution < 1.29 is 4.79 Å². The Labute approximate surface area is 140 Å². The van der Waals surface area contributed by atoms with Crippen LogP contribution in [-0.2, 0) is 4.79 Å². The molecule has 1 amide bonds. The number of nitrogens with one attached hydrogen (secondary N) is 1. The van der Waals surface area contributed by atoms with Crippen molar-refractivity contribution in [1.82, 2.24) is 20.0 Å². The Balaban J connectivity index is 1.98. The lowest BCUT2D eigenvalue weighted by molar-refractivity contribution is -0.127. The molecular weight excluding hydrogens is 290 g/mol. The largest absolute Gasteiger partial charge is 0.354 e. The molecule has 0 aromatic heterocycles. The third-order valence-corrected chi connectivity index (χ3v) is 4.68. The van der Waals surface area contributed by atoms with E-state index in [1.54, 1.807) is 19.0 Å². The van der Waals surface area contributed by atoms with Crippen LogP contribution in [0.1, 0.15) is 26.7 Å². The number of hydrogen-bond acceptors (Lipinski definition) is 3. The van der Waals surface area contributed by atoms with Gasteiger partial charge in [-0.2, -0.15) is 0 Å². The van der Waals surface area contributed by atoms with Crippen LogP contribution < -0.4 is 5.32 Å². The second kappa shape index (κ2) is 8.34. The van der Waals surface area contributed by atoms with E-state index in [4.69, 9.17) is 0 Å². The van der Waals surface area contributed by atoms with E-state index in [0.29, 0.717) is 12.1 Å². The summed E-state index contributed by atoms with van der Waals surface area (Å²) in [6.45, 7) is 8.62. The molecule has 0 spiro atoms. The van der Waals surface area contributed by atoms with Gasteiger partial charge in [0.05, 0.1) is 0 Å². The summed E-state index contributed by atoms with van der Waals surface area (Å²) in [5, 5.41) is 3.49. The van der Waals surface area contributed by atoms with Crippen molar-refractivity contribution in [3.8, 4) is 0 Å². The van der Waals surface area contributed by atoms with Gasteiger partial charge in [-0.25, -0.2) is 4.99 Å². The Bertz CT molecular complexity index is 452. The lowest BCUT2D eigenvalue weighted by atomic mass is 10.2. The van der Waals surface area contributed by atoms with Gasteiger partial charge in [-0.05, 0) is 19.8 Å². The van der Waals surface area contributed by atoms with Crippen LogP contribution in [0, 0.1) is 0 Å². The van der Waals surface area contributed by atoms with Crippen LogP contribution in [0.15, 0.2) is 17.1 Å². The van der Waals surface area contributed by atoms with Crippen LogP contribution in [0.4, 0.5) is 0 Å². The number of guanidine groups is 1. The summed E-state index contributed by atoms with van der Waals surface area (Å²) in [6.07, 6.45) is 6.67. The van der Waals surface area contributed by atoms with Crippen LogP contribution >= 0.6 is 0 Å². The minimum atomic E-state index is 0.0351. The Morgan fingerprint density at radius 3 is 2.70 bits per heavy atom. The Morgan fingerprint density at radius 1 is 1.39 bits per heavy atom. The third kappa shape index (κ3) is 4.96. The Hall–Kier alpha value is -1.56. The van der Waals surface area contributed by atoms with E-state index in [-0.39, 0.29) is 12.5 Å². The summed E-state index contributed by atoms with van der Waals surface area (Å²) < 4.78 is 0. The van der Waals surface area contributed by atoms with E-state index >= 15 is 0 Å². The summed E-state index contributed by atoms with van der Waals surface area (Å²) in [4.78, 5) is 22.8. The maximum absolute atomic E-state index is 11.8. The highest BCUT2D eigenvalue weighted by Crippen LogP contribution is 2.18. The molecule has 1 saturated heterocycles. The van der Waals surface area contributed by atoms with E-state index in [1.165, 1.54) is 0 Å². The van der Waals surface area contributed by atoms with Crippen LogP contribution in [0.3, 0.4) is 0 Å². The first-order valence-corrected chi connectivity index (χ1v) is 8.66. The maximum Gasteiger partial charge on any atom is 0.243 e. The minimum absolute atomic E-state index is 0.0351. The summed E-state index contributed by atoms with van der Waals surface area (Å²) in [7, 11) is 3.54.